The van der Waals surface area contributed by atoms with Crippen molar-refractivity contribution in [2.45, 2.75) is 32.3 Å². The Morgan fingerprint density at radius 1 is 1.20 bits per heavy atom. The minimum atomic E-state index is -0.651. The molecule has 3 atom stereocenters. The van der Waals surface area contributed by atoms with Gasteiger partial charge < -0.3 is 10.0 Å². The lowest BCUT2D eigenvalue weighted by molar-refractivity contribution is -0.138. The molecule has 3 aliphatic rings. The Hall–Kier alpha value is -0.870. The molecule has 2 bridgehead atoms. The average molecular weight is 278 g/mol. The maximum atomic E-state index is 12.6. The molecule has 2 fully saturated rings. The van der Waals surface area contributed by atoms with E-state index in [0.717, 1.165) is 32.6 Å². The number of allylic oxidation sites excluding steroid dienone is 2. The molecular weight excluding hydrogens is 252 g/mol. The van der Waals surface area contributed by atoms with Crippen LogP contribution in [0.4, 0.5) is 0 Å². The molecule has 3 unspecified atom stereocenters. The molecule has 1 saturated heterocycles. The van der Waals surface area contributed by atoms with Crippen LogP contribution in [0.2, 0.25) is 0 Å². The van der Waals surface area contributed by atoms with E-state index in [1.807, 2.05) is 18.7 Å². The van der Waals surface area contributed by atoms with Crippen LogP contribution in [0.1, 0.15) is 26.7 Å². The van der Waals surface area contributed by atoms with E-state index >= 15 is 0 Å². The molecule has 3 rings (SSSR count). The third-order valence-electron chi connectivity index (χ3n) is 4.89. The van der Waals surface area contributed by atoms with Gasteiger partial charge in [0.15, 0.2) is 0 Å². The summed E-state index contributed by atoms with van der Waals surface area (Å²) in [6, 6.07) is 0. The smallest absolute Gasteiger partial charge is 0.226 e. The van der Waals surface area contributed by atoms with Gasteiger partial charge in [0, 0.05) is 38.6 Å². The number of β-amino-alcohol motifs (C(OH)–C–C–N with tert-alkyl or cyclic N) is 1. The first-order valence-electron chi connectivity index (χ1n) is 7.84. The highest BCUT2D eigenvalue weighted by Crippen LogP contribution is 2.44. The fourth-order valence-electron chi connectivity index (χ4n) is 3.97. The molecule has 2 aliphatic carbocycles. The number of piperazine rings is 1. The quantitative estimate of drug-likeness (QED) is 0.787. The van der Waals surface area contributed by atoms with Gasteiger partial charge in [0.2, 0.25) is 5.91 Å². The molecular formula is C16H26N2O2. The zero-order valence-electron chi connectivity index (χ0n) is 12.6. The van der Waals surface area contributed by atoms with E-state index in [2.05, 4.69) is 17.1 Å². The Morgan fingerprint density at radius 2 is 1.90 bits per heavy atom. The monoisotopic (exact) mass is 278 g/mol. The fourth-order valence-corrected chi connectivity index (χ4v) is 3.97. The number of nitrogens with zero attached hydrogens (tertiary/aromatic N) is 2. The molecule has 20 heavy (non-hydrogen) atoms. The summed E-state index contributed by atoms with van der Waals surface area (Å²) in [5, 5.41) is 9.86. The minimum Gasteiger partial charge on any atom is -0.389 e. The first kappa shape index (κ1) is 14.1. The molecule has 1 saturated carbocycles. The molecule has 0 aromatic heterocycles. The van der Waals surface area contributed by atoms with Crippen molar-refractivity contribution in [1.82, 2.24) is 9.80 Å². The van der Waals surface area contributed by atoms with Gasteiger partial charge in [-0.3, -0.25) is 9.69 Å². The number of rotatable bonds is 3. The highest BCUT2D eigenvalue weighted by Gasteiger charge is 2.41. The minimum absolute atomic E-state index is 0.242. The number of hydrogen-bond acceptors (Lipinski definition) is 3. The van der Waals surface area contributed by atoms with Gasteiger partial charge in [0.1, 0.15) is 0 Å². The lowest BCUT2D eigenvalue weighted by Gasteiger charge is -2.38. The van der Waals surface area contributed by atoms with Gasteiger partial charge in [0.05, 0.1) is 5.60 Å². The second-order valence-corrected chi connectivity index (χ2v) is 7.30. The number of hydrogen-bond donors (Lipinski definition) is 1. The molecule has 1 N–H and O–H groups in total. The van der Waals surface area contributed by atoms with E-state index in [1.54, 1.807) is 0 Å². The normalized spacial score (nSPS) is 34.0. The van der Waals surface area contributed by atoms with E-state index in [4.69, 9.17) is 0 Å². The van der Waals surface area contributed by atoms with Crippen LogP contribution in [0.5, 0.6) is 0 Å². The number of fused-ring (bicyclic) bond motifs is 2. The maximum Gasteiger partial charge on any atom is 0.226 e. The second-order valence-electron chi connectivity index (χ2n) is 7.30. The number of amides is 1. The van der Waals surface area contributed by atoms with Gasteiger partial charge in [-0.2, -0.15) is 0 Å². The molecule has 0 spiro atoms. The Kier molecular flexibility index (Phi) is 3.63. The van der Waals surface area contributed by atoms with Gasteiger partial charge in [0.25, 0.3) is 0 Å². The maximum absolute atomic E-state index is 12.6. The van der Waals surface area contributed by atoms with Gasteiger partial charge in [-0.05, 0) is 38.5 Å². The molecule has 112 valence electrons. The first-order chi connectivity index (χ1) is 9.42. The molecule has 1 aliphatic heterocycles. The lowest BCUT2D eigenvalue weighted by atomic mass is 9.92. The number of carbonyl (C=O) groups excluding carboxylic acids is 1. The summed E-state index contributed by atoms with van der Waals surface area (Å²) >= 11 is 0. The van der Waals surface area contributed by atoms with Crippen LogP contribution in [0.3, 0.4) is 0 Å². The van der Waals surface area contributed by atoms with Crippen LogP contribution < -0.4 is 0 Å². The van der Waals surface area contributed by atoms with Crippen molar-refractivity contribution in [2.75, 3.05) is 32.7 Å². The summed E-state index contributed by atoms with van der Waals surface area (Å²) < 4.78 is 0. The van der Waals surface area contributed by atoms with E-state index in [1.165, 1.54) is 6.42 Å². The summed E-state index contributed by atoms with van der Waals surface area (Å²) in [4.78, 5) is 16.9. The number of aliphatic hydroxyl groups is 1. The summed E-state index contributed by atoms with van der Waals surface area (Å²) in [6.07, 6.45) is 6.79. The highest BCUT2D eigenvalue weighted by atomic mass is 16.3. The first-order valence-corrected chi connectivity index (χ1v) is 7.84. The van der Waals surface area contributed by atoms with Crippen molar-refractivity contribution in [3.05, 3.63) is 12.2 Å². The van der Waals surface area contributed by atoms with E-state index in [0.29, 0.717) is 24.3 Å². The molecule has 0 aromatic carbocycles. The van der Waals surface area contributed by atoms with Gasteiger partial charge in [-0.15, -0.1) is 0 Å². The van der Waals surface area contributed by atoms with E-state index in [-0.39, 0.29) is 5.92 Å². The van der Waals surface area contributed by atoms with Crippen LogP contribution in [0.15, 0.2) is 12.2 Å². The van der Waals surface area contributed by atoms with Crippen molar-refractivity contribution >= 4 is 5.91 Å². The molecule has 1 heterocycles. The zero-order chi connectivity index (χ0) is 14.3. The highest BCUT2D eigenvalue weighted by molar-refractivity contribution is 5.80. The molecule has 0 radical (unpaired) electrons. The predicted octanol–water partition coefficient (Wildman–Crippen LogP) is 1.11. The average Bonchev–Trinajstić information content (AvgIpc) is 2.99. The van der Waals surface area contributed by atoms with E-state index in [9.17, 15) is 9.90 Å². The second kappa shape index (κ2) is 5.15. The van der Waals surface area contributed by atoms with Gasteiger partial charge in [-0.25, -0.2) is 0 Å². The van der Waals surface area contributed by atoms with Crippen molar-refractivity contribution in [1.29, 1.82) is 0 Å². The Labute approximate surface area is 121 Å². The van der Waals surface area contributed by atoms with E-state index < -0.39 is 5.60 Å². The van der Waals surface area contributed by atoms with Crippen molar-refractivity contribution in [3.8, 4) is 0 Å². The third kappa shape index (κ3) is 2.91. The predicted molar refractivity (Wildman–Crippen MR) is 78.2 cm³/mol. The summed E-state index contributed by atoms with van der Waals surface area (Å²) in [7, 11) is 0. The third-order valence-corrected chi connectivity index (χ3v) is 4.89. The van der Waals surface area contributed by atoms with Crippen LogP contribution >= 0.6 is 0 Å². The largest absolute Gasteiger partial charge is 0.389 e. The van der Waals surface area contributed by atoms with Crippen LogP contribution in [0.25, 0.3) is 0 Å². The van der Waals surface area contributed by atoms with Gasteiger partial charge in [-0.1, -0.05) is 12.2 Å². The SMILES string of the molecule is CC(C)(O)CN1CCN(C(=O)C2CC3C=CC2C3)CC1. The summed E-state index contributed by atoms with van der Waals surface area (Å²) in [5.74, 6) is 1.77. The Balaban J connectivity index is 1.51. The molecule has 4 nitrogen and oxygen atoms in total. The van der Waals surface area contributed by atoms with Crippen LogP contribution in [-0.4, -0.2) is 59.1 Å². The zero-order valence-corrected chi connectivity index (χ0v) is 12.6. The summed E-state index contributed by atoms with van der Waals surface area (Å²) in [6.45, 7) is 7.75. The Morgan fingerprint density at radius 3 is 2.40 bits per heavy atom. The van der Waals surface area contributed by atoms with Crippen molar-refractivity contribution in [3.63, 3.8) is 0 Å². The standard InChI is InChI=1S/C16H26N2O2/c1-16(2,20)11-17-5-7-18(8-6-17)15(19)14-10-12-3-4-13(14)9-12/h3-4,12-14,20H,5-11H2,1-2H3. The molecule has 1 amide bonds. The topological polar surface area (TPSA) is 43.8 Å². The lowest BCUT2D eigenvalue weighted by Crippen LogP contribution is -2.53. The van der Waals surface area contributed by atoms with Crippen LogP contribution in [0, 0.1) is 17.8 Å². The fraction of sp³-hybridized carbons (Fsp3) is 0.812. The molecule has 4 heteroatoms. The van der Waals surface area contributed by atoms with Gasteiger partial charge >= 0.3 is 0 Å². The Bertz CT molecular complexity index is 405. The van der Waals surface area contributed by atoms with Crippen LogP contribution in [-0.2, 0) is 4.79 Å². The number of carbonyl (C=O) groups is 1. The van der Waals surface area contributed by atoms with Crippen molar-refractivity contribution in [2.24, 2.45) is 17.8 Å². The summed E-state index contributed by atoms with van der Waals surface area (Å²) in [5.41, 5.74) is -0.651. The molecule has 0 aromatic rings. The van der Waals surface area contributed by atoms with Crippen molar-refractivity contribution < 1.29 is 9.90 Å².